The van der Waals surface area contributed by atoms with E-state index in [1.54, 1.807) is 12.1 Å². The normalized spacial score (nSPS) is 29.8. The van der Waals surface area contributed by atoms with E-state index in [1.165, 1.54) is 7.11 Å². The van der Waals surface area contributed by atoms with E-state index < -0.39 is 11.9 Å². The topological polar surface area (TPSA) is 81.3 Å². The fourth-order valence-electron chi connectivity index (χ4n) is 3.98. The third-order valence-corrected chi connectivity index (χ3v) is 7.51. The summed E-state index contributed by atoms with van der Waals surface area (Å²) in [6.45, 7) is 0. The van der Waals surface area contributed by atoms with Gasteiger partial charge in [-0.3, -0.25) is 4.98 Å². The van der Waals surface area contributed by atoms with Gasteiger partial charge in [0.05, 0.1) is 24.9 Å². The van der Waals surface area contributed by atoms with Crippen molar-refractivity contribution >= 4 is 22.8 Å². The summed E-state index contributed by atoms with van der Waals surface area (Å²) in [5.41, 5.74) is 7.43. The molecule has 2 aromatic rings. The monoisotopic (exact) mass is 363 g/mol. The average Bonchev–Trinajstić information content (AvgIpc) is 2.62. The lowest BCUT2D eigenvalue weighted by Crippen LogP contribution is -2.55. The number of methoxy groups -OCH3 is 1. The summed E-state index contributed by atoms with van der Waals surface area (Å²) >= 11 is 1.83. The molecule has 7 heteroatoms. The van der Waals surface area contributed by atoms with E-state index in [9.17, 15) is 9.50 Å². The Morgan fingerprint density at radius 3 is 2.76 bits per heavy atom. The zero-order valence-electron chi connectivity index (χ0n) is 14.2. The van der Waals surface area contributed by atoms with Crippen molar-refractivity contribution in [1.29, 1.82) is 0 Å². The highest BCUT2D eigenvalue weighted by Crippen LogP contribution is 2.54. The van der Waals surface area contributed by atoms with E-state index in [4.69, 9.17) is 10.5 Å². The molecule has 1 saturated carbocycles. The maximum atomic E-state index is 14.5. The van der Waals surface area contributed by atoms with Crippen LogP contribution in [0.15, 0.2) is 18.3 Å². The van der Waals surface area contributed by atoms with Gasteiger partial charge in [0, 0.05) is 27.7 Å². The Bertz CT molecular complexity index is 792. The quantitative estimate of drug-likeness (QED) is 0.869. The first-order valence-corrected chi connectivity index (χ1v) is 9.52. The van der Waals surface area contributed by atoms with Crippen LogP contribution < -0.4 is 10.5 Å². The molecule has 0 spiro atoms. The van der Waals surface area contributed by atoms with Gasteiger partial charge in [0.1, 0.15) is 11.3 Å². The van der Waals surface area contributed by atoms with E-state index in [0.29, 0.717) is 23.3 Å². The van der Waals surface area contributed by atoms with Crippen molar-refractivity contribution in [2.75, 3.05) is 12.9 Å². The lowest BCUT2D eigenvalue weighted by Gasteiger charge is -2.52. The number of nitrogens with two attached hydrogens (primary N) is 1. The Kier molecular flexibility index (Phi) is 4.13. The van der Waals surface area contributed by atoms with Crippen molar-refractivity contribution in [3.8, 4) is 5.88 Å². The Hall–Kier alpha value is -1.44. The largest absolute Gasteiger partial charge is 0.481 e. The van der Waals surface area contributed by atoms with Crippen LogP contribution in [0.25, 0.3) is 11.0 Å². The van der Waals surface area contributed by atoms with E-state index >= 15 is 0 Å². The Morgan fingerprint density at radius 2 is 2.12 bits per heavy atom. The van der Waals surface area contributed by atoms with Gasteiger partial charge < -0.3 is 15.6 Å². The fraction of sp³-hybridized carbons (Fsp3) is 0.556. The molecule has 4 heterocycles. The number of aromatic nitrogens is 2. The summed E-state index contributed by atoms with van der Waals surface area (Å²) in [4.78, 5) is 8.40. The number of aliphatic hydroxyl groups is 1. The number of aliphatic hydroxyl groups excluding tert-OH is 1. The van der Waals surface area contributed by atoms with Crippen LogP contribution in [0.3, 0.4) is 0 Å². The predicted molar refractivity (Wildman–Crippen MR) is 96.2 cm³/mol. The lowest BCUT2D eigenvalue weighted by molar-refractivity contribution is 0.126. The smallest absolute Gasteiger partial charge is 0.213 e. The molecular formula is C18H22FN3O2S. The van der Waals surface area contributed by atoms with Crippen LogP contribution in [0, 0.1) is 5.82 Å². The van der Waals surface area contributed by atoms with Crippen molar-refractivity contribution in [2.24, 2.45) is 5.73 Å². The van der Waals surface area contributed by atoms with Crippen molar-refractivity contribution in [1.82, 2.24) is 9.97 Å². The Morgan fingerprint density at radius 1 is 1.36 bits per heavy atom. The molecule has 134 valence electrons. The summed E-state index contributed by atoms with van der Waals surface area (Å²) in [5.74, 6) is 0.761. The Labute approximate surface area is 150 Å². The number of thioether (sulfide) groups is 1. The average molecular weight is 363 g/mol. The van der Waals surface area contributed by atoms with Gasteiger partial charge in [-0.15, -0.1) is 0 Å². The molecule has 1 unspecified atom stereocenters. The first kappa shape index (κ1) is 17.0. The van der Waals surface area contributed by atoms with Crippen molar-refractivity contribution in [3.63, 3.8) is 0 Å². The number of nitrogens with zero attached hydrogens (tertiary/aromatic N) is 2. The SMILES string of the molecule is COc1ccc2ncc(F)c(C(O)CC34CCC(N)(CC3)CS4)c2n1. The molecule has 1 aliphatic carbocycles. The number of pyridine rings is 2. The van der Waals surface area contributed by atoms with Crippen molar-refractivity contribution in [3.05, 3.63) is 29.7 Å². The van der Waals surface area contributed by atoms with Gasteiger partial charge in [0.25, 0.3) is 0 Å². The number of fused-ring (bicyclic) bond motifs is 4. The van der Waals surface area contributed by atoms with E-state index in [-0.39, 0.29) is 15.8 Å². The van der Waals surface area contributed by atoms with E-state index in [0.717, 1.165) is 37.6 Å². The van der Waals surface area contributed by atoms with Gasteiger partial charge in [-0.05, 0) is 38.2 Å². The van der Waals surface area contributed by atoms with Crippen molar-refractivity contribution in [2.45, 2.75) is 48.5 Å². The fourth-order valence-corrected chi connectivity index (χ4v) is 5.63. The minimum absolute atomic E-state index is 0.0264. The molecule has 1 atom stereocenters. The molecule has 2 saturated heterocycles. The minimum Gasteiger partial charge on any atom is -0.481 e. The second kappa shape index (κ2) is 6.07. The van der Waals surface area contributed by atoms with E-state index in [1.807, 2.05) is 11.8 Å². The molecule has 2 aromatic heterocycles. The van der Waals surface area contributed by atoms with Gasteiger partial charge in [0.2, 0.25) is 5.88 Å². The Balaban J connectivity index is 1.68. The van der Waals surface area contributed by atoms with Gasteiger partial charge >= 0.3 is 0 Å². The van der Waals surface area contributed by atoms with Gasteiger partial charge in [-0.25, -0.2) is 9.37 Å². The highest BCUT2D eigenvalue weighted by atomic mass is 32.2. The number of ether oxygens (including phenoxy) is 1. The highest BCUT2D eigenvalue weighted by Gasteiger charge is 2.48. The number of hydrogen-bond donors (Lipinski definition) is 2. The maximum absolute atomic E-state index is 14.5. The van der Waals surface area contributed by atoms with Gasteiger partial charge in [-0.1, -0.05) is 0 Å². The molecule has 2 aliphatic heterocycles. The van der Waals surface area contributed by atoms with Gasteiger partial charge in [-0.2, -0.15) is 11.8 Å². The molecule has 5 rings (SSSR count). The third kappa shape index (κ3) is 2.98. The molecule has 0 radical (unpaired) electrons. The number of hydrogen-bond acceptors (Lipinski definition) is 6. The van der Waals surface area contributed by atoms with Crippen LogP contribution in [0.5, 0.6) is 5.88 Å². The van der Waals surface area contributed by atoms with Crippen LogP contribution in [0.4, 0.5) is 4.39 Å². The summed E-state index contributed by atoms with van der Waals surface area (Å²) < 4.78 is 19.6. The third-order valence-electron chi connectivity index (χ3n) is 5.61. The molecular weight excluding hydrogens is 341 g/mol. The number of halogens is 1. The second-order valence-electron chi connectivity index (χ2n) is 7.30. The molecule has 2 bridgehead atoms. The number of rotatable bonds is 4. The second-order valence-corrected chi connectivity index (χ2v) is 8.74. The molecule has 3 fully saturated rings. The first-order valence-electron chi connectivity index (χ1n) is 8.54. The van der Waals surface area contributed by atoms with Crippen LogP contribution in [0.2, 0.25) is 0 Å². The summed E-state index contributed by atoms with van der Waals surface area (Å²) in [7, 11) is 1.51. The predicted octanol–water partition coefficient (Wildman–Crippen LogP) is 2.96. The standard InChI is InChI=1S/C18H22FN3O2S/c1-24-14-3-2-12-16(22-14)15(11(19)9-21-12)13(23)8-18-6-4-17(20,5-7-18)10-25-18/h2-3,9,13,23H,4-8,10,20H2,1H3. The first-order chi connectivity index (χ1) is 11.9. The molecule has 25 heavy (non-hydrogen) atoms. The van der Waals surface area contributed by atoms with E-state index in [2.05, 4.69) is 9.97 Å². The van der Waals surface area contributed by atoms with Crippen LogP contribution in [0.1, 0.15) is 43.8 Å². The van der Waals surface area contributed by atoms with Crippen LogP contribution in [-0.4, -0.2) is 38.2 Å². The van der Waals surface area contributed by atoms with Crippen LogP contribution in [-0.2, 0) is 0 Å². The zero-order chi connectivity index (χ0) is 17.7. The molecule has 3 aliphatic rings. The van der Waals surface area contributed by atoms with Crippen LogP contribution >= 0.6 is 11.8 Å². The highest BCUT2D eigenvalue weighted by molar-refractivity contribution is 8.00. The molecule has 5 nitrogen and oxygen atoms in total. The zero-order valence-corrected chi connectivity index (χ0v) is 15.0. The molecule has 3 N–H and O–H groups in total. The molecule has 0 aromatic carbocycles. The maximum Gasteiger partial charge on any atom is 0.213 e. The lowest BCUT2D eigenvalue weighted by atomic mass is 9.74. The van der Waals surface area contributed by atoms with Crippen molar-refractivity contribution < 1.29 is 14.2 Å². The molecule has 0 amide bonds. The summed E-state index contributed by atoms with van der Waals surface area (Å²) in [5, 5.41) is 10.9. The summed E-state index contributed by atoms with van der Waals surface area (Å²) in [6.07, 6.45) is 4.60. The minimum atomic E-state index is -0.930. The van der Waals surface area contributed by atoms with Gasteiger partial charge in [0.15, 0.2) is 0 Å². The summed E-state index contributed by atoms with van der Waals surface area (Å²) in [6, 6.07) is 3.41.